The lowest BCUT2D eigenvalue weighted by Crippen LogP contribution is -2.50. The number of fused-ring (bicyclic) bond motifs is 3. The van der Waals surface area contributed by atoms with Gasteiger partial charge in [-0.25, -0.2) is 9.78 Å². The smallest absolute Gasteiger partial charge is 0.330 e. The molecule has 1 amide bonds. The quantitative estimate of drug-likeness (QED) is 0.875. The average molecular weight is 384 g/mol. The lowest BCUT2D eigenvalue weighted by atomic mass is 9.78. The number of piperidine rings is 1. The van der Waals surface area contributed by atoms with Crippen LogP contribution in [0.3, 0.4) is 0 Å². The van der Waals surface area contributed by atoms with Crippen LogP contribution in [-0.4, -0.2) is 49.2 Å². The van der Waals surface area contributed by atoms with Crippen molar-refractivity contribution < 1.29 is 9.90 Å². The first kappa shape index (κ1) is 18.9. The zero-order chi connectivity index (χ0) is 20.2. The number of imidazole rings is 1. The summed E-state index contributed by atoms with van der Waals surface area (Å²) in [7, 11) is 1.77. The minimum absolute atomic E-state index is 0.00939. The van der Waals surface area contributed by atoms with Crippen LogP contribution < -0.4 is 5.69 Å². The molecule has 28 heavy (non-hydrogen) atoms. The summed E-state index contributed by atoms with van der Waals surface area (Å²) < 4.78 is 3.42. The second-order valence-corrected chi connectivity index (χ2v) is 9.20. The third-order valence-corrected chi connectivity index (χ3v) is 5.80. The van der Waals surface area contributed by atoms with Gasteiger partial charge in [-0.2, -0.15) is 0 Å². The van der Waals surface area contributed by atoms with E-state index in [-0.39, 0.29) is 29.0 Å². The van der Waals surface area contributed by atoms with Crippen LogP contribution >= 0.6 is 0 Å². The predicted molar refractivity (Wildman–Crippen MR) is 108 cm³/mol. The van der Waals surface area contributed by atoms with Crippen molar-refractivity contribution in [3.05, 3.63) is 34.4 Å². The molecule has 2 aromatic rings. The Kier molecular flexibility index (Phi) is 4.45. The highest BCUT2D eigenvalue weighted by Gasteiger charge is 2.37. The van der Waals surface area contributed by atoms with Gasteiger partial charge in [-0.15, -0.1) is 0 Å². The number of amides is 1. The van der Waals surface area contributed by atoms with Crippen LogP contribution in [0, 0.1) is 11.3 Å². The van der Waals surface area contributed by atoms with Crippen molar-refractivity contribution in [3.8, 4) is 0 Å². The molecule has 150 valence electrons. The molecule has 1 saturated heterocycles. The summed E-state index contributed by atoms with van der Waals surface area (Å²) in [5, 5.41) is 9.20. The zero-order valence-corrected chi connectivity index (χ0v) is 17.0. The number of carbonyl (C=O) groups is 1. The van der Waals surface area contributed by atoms with Crippen LogP contribution in [0.4, 0.5) is 0 Å². The van der Waals surface area contributed by atoms with E-state index in [0.29, 0.717) is 18.7 Å². The molecule has 7 heteroatoms. The molecule has 7 nitrogen and oxygen atoms in total. The molecule has 0 radical (unpaired) electrons. The van der Waals surface area contributed by atoms with Crippen molar-refractivity contribution >= 4 is 22.6 Å². The van der Waals surface area contributed by atoms with Crippen LogP contribution in [0.1, 0.15) is 39.3 Å². The van der Waals surface area contributed by atoms with Crippen molar-refractivity contribution in [2.75, 3.05) is 13.2 Å². The Balaban J connectivity index is 1.75. The highest BCUT2D eigenvalue weighted by Crippen LogP contribution is 2.39. The van der Waals surface area contributed by atoms with E-state index in [1.165, 1.54) is 0 Å². The Bertz CT molecular complexity index is 1020. The normalized spacial score (nSPS) is 22.0. The molecular weight excluding hydrogens is 356 g/mol. The molecular formula is C21H28N4O3. The van der Waals surface area contributed by atoms with E-state index in [1.54, 1.807) is 21.1 Å². The van der Waals surface area contributed by atoms with Crippen LogP contribution in [0.2, 0.25) is 0 Å². The van der Waals surface area contributed by atoms with Crippen molar-refractivity contribution in [2.24, 2.45) is 18.4 Å². The Morgan fingerprint density at radius 1 is 1.29 bits per heavy atom. The standard InChI is InChI=1S/C21H28N4O3/c1-21(2,3)12-25-17-8-7-16(22-19(17)23(4)20(25)28)15-9-14-6-5-13(15)10-24(14)18(27)11-26/h7-9,13-14,26H,5-6,10-12H2,1-4H3. The summed E-state index contributed by atoms with van der Waals surface area (Å²) in [4.78, 5) is 31.3. The first-order chi connectivity index (χ1) is 13.2. The largest absolute Gasteiger partial charge is 0.387 e. The molecule has 4 heterocycles. The first-order valence-corrected chi connectivity index (χ1v) is 9.88. The van der Waals surface area contributed by atoms with Crippen LogP contribution in [0.15, 0.2) is 23.0 Å². The number of rotatable bonds is 3. The SMILES string of the molecule is Cn1c(=O)n(CC(C)(C)C)c2ccc(C3=CC4CCC3CN4C(=O)CO)nc21. The van der Waals surface area contributed by atoms with Gasteiger partial charge in [0.05, 0.1) is 17.3 Å². The Morgan fingerprint density at radius 2 is 2.04 bits per heavy atom. The fourth-order valence-corrected chi connectivity index (χ4v) is 4.50. The zero-order valence-electron chi connectivity index (χ0n) is 17.0. The maximum Gasteiger partial charge on any atom is 0.330 e. The van der Waals surface area contributed by atoms with Crippen molar-refractivity contribution in [3.63, 3.8) is 0 Å². The maximum absolute atomic E-state index is 12.7. The van der Waals surface area contributed by atoms with E-state index in [2.05, 4.69) is 26.8 Å². The van der Waals surface area contributed by atoms with Gasteiger partial charge in [0.2, 0.25) is 5.91 Å². The summed E-state index contributed by atoms with van der Waals surface area (Å²) >= 11 is 0. The van der Waals surface area contributed by atoms with Gasteiger partial charge in [-0.3, -0.25) is 13.9 Å². The molecule has 2 unspecified atom stereocenters. The number of aliphatic hydroxyl groups is 1. The molecule has 0 spiro atoms. The van der Waals surface area contributed by atoms with E-state index < -0.39 is 6.61 Å². The van der Waals surface area contributed by atoms with E-state index in [0.717, 1.165) is 29.6 Å². The number of aromatic nitrogens is 3. The van der Waals surface area contributed by atoms with Crippen molar-refractivity contribution in [1.82, 2.24) is 19.0 Å². The summed E-state index contributed by atoms with van der Waals surface area (Å²) in [6, 6.07) is 4.00. The average Bonchev–Trinajstić information content (AvgIpc) is 2.90. The predicted octanol–water partition coefficient (Wildman–Crippen LogP) is 1.78. The number of aliphatic hydroxyl groups excluding tert-OH is 1. The van der Waals surface area contributed by atoms with E-state index >= 15 is 0 Å². The second-order valence-electron chi connectivity index (χ2n) is 9.20. The molecule has 3 aliphatic rings. The minimum Gasteiger partial charge on any atom is -0.387 e. The maximum atomic E-state index is 12.7. The molecule has 2 bridgehead atoms. The topological polar surface area (TPSA) is 80.4 Å². The molecule has 1 aliphatic carbocycles. The Morgan fingerprint density at radius 3 is 2.64 bits per heavy atom. The van der Waals surface area contributed by atoms with Gasteiger partial charge in [0.25, 0.3) is 0 Å². The molecule has 1 N–H and O–H groups in total. The van der Waals surface area contributed by atoms with Crippen molar-refractivity contribution in [2.45, 2.75) is 46.2 Å². The molecule has 2 aromatic heterocycles. The van der Waals surface area contributed by atoms with Gasteiger partial charge in [-0.05, 0) is 36.0 Å². The van der Waals surface area contributed by atoms with Crippen LogP contribution in [-0.2, 0) is 18.4 Å². The van der Waals surface area contributed by atoms with Gasteiger partial charge >= 0.3 is 5.69 Å². The number of hydrogen-bond donors (Lipinski definition) is 1. The third-order valence-electron chi connectivity index (χ3n) is 5.80. The molecule has 2 atom stereocenters. The fourth-order valence-electron chi connectivity index (χ4n) is 4.50. The highest BCUT2D eigenvalue weighted by molar-refractivity contribution is 5.81. The number of carbonyl (C=O) groups excluding carboxylic acids is 1. The third kappa shape index (κ3) is 3.07. The van der Waals surface area contributed by atoms with E-state index in [9.17, 15) is 14.7 Å². The van der Waals surface area contributed by atoms with E-state index in [1.807, 2.05) is 12.1 Å². The lowest BCUT2D eigenvalue weighted by molar-refractivity contribution is -0.137. The summed E-state index contributed by atoms with van der Waals surface area (Å²) in [6.45, 7) is 7.16. The van der Waals surface area contributed by atoms with Gasteiger partial charge in [-0.1, -0.05) is 26.8 Å². The molecule has 0 aromatic carbocycles. The van der Waals surface area contributed by atoms with Crippen LogP contribution in [0.25, 0.3) is 16.7 Å². The number of nitrogens with zero attached hydrogens (tertiary/aromatic N) is 4. The summed E-state index contributed by atoms with van der Waals surface area (Å²) in [5.74, 6) is 0.00852. The fraction of sp³-hybridized carbons (Fsp3) is 0.571. The summed E-state index contributed by atoms with van der Waals surface area (Å²) in [5.41, 5.74) is 3.51. The molecule has 5 rings (SSSR count). The van der Waals surface area contributed by atoms with Crippen LogP contribution in [0.5, 0.6) is 0 Å². The van der Waals surface area contributed by atoms with Crippen molar-refractivity contribution in [1.29, 1.82) is 0 Å². The number of pyridine rings is 1. The number of aryl methyl sites for hydroxylation is 1. The second kappa shape index (κ2) is 6.58. The molecule has 2 aliphatic heterocycles. The van der Waals surface area contributed by atoms with Gasteiger partial charge in [0, 0.05) is 26.1 Å². The lowest BCUT2D eigenvalue weighted by Gasteiger charge is -2.44. The van der Waals surface area contributed by atoms with E-state index in [4.69, 9.17) is 4.98 Å². The Hall–Kier alpha value is -2.41. The molecule has 1 fully saturated rings. The monoisotopic (exact) mass is 384 g/mol. The first-order valence-electron chi connectivity index (χ1n) is 9.88. The number of hydrogen-bond acceptors (Lipinski definition) is 4. The van der Waals surface area contributed by atoms with Gasteiger partial charge in [0.15, 0.2) is 5.65 Å². The Labute approximate surface area is 164 Å². The van der Waals surface area contributed by atoms with Gasteiger partial charge in [0.1, 0.15) is 6.61 Å². The molecule has 0 saturated carbocycles. The van der Waals surface area contributed by atoms with Gasteiger partial charge < -0.3 is 10.0 Å². The summed E-state index contributed by atoms with van der Waals surface area (Å²) in [6.07, 6.45) is 4.04. The highest BCUT2D eigenvalue weighted by atomic mass is 16.3. The minimum atomic E-state index is -0.444.